The van der Waals surface area contributed by atoms with Crippen LogP contribution in [0.4, 0.5) is 13.2 Å². The number of aryl methyl sites for hydroxylation is 1. The van der Waals surface area contributed by atoms with E-state index in [1.54, 1.807) is 19.1 Å². The molecular weight excluding hydrogens is 335 g/mol. The molecule has 0 saturated carbocycles. The molecule has 0 unspecified atom stereocenters. The number of hydrogen-bond donors (Lipinski definition) is 1. The van der Waals surface area contributed by atoms with Crippen LogP contribution in [0.3, 0.4) is 0 Å². The van der Waals surface area contributed by atoms with Crippen molar-refractivity contribution in [3.05, 3.63) is 65.5 Å². The summed E-state index contributed by atoms with van der Waals surface area (Å²) in [5.41, 5.74) is -2.30. The van der Waals surface area contributed by atoms with Crippen molar-refractivity contribution in [3.63, 3.8) is 0 Å². The van der Waals surface area contributed by atoms with Crippen LogP contribution < -0.4 is 0 Å². The zero-order chi connectivity index (χ0) is 18.2. The van der Waals surface area contributed by atoms with E-state index in [-0.39, 0.29) is 16.3 Å². The molecule has 1 aromatic heterocycles. The van der Waals surface area contributed by atoms with Gasteiger partial charge in [-0.3, -0.25) is 9.78 Å². The van der Waals surface area contributed by atoms with Crippen molar-refractivity contribution < 1.29 is 23.1 Å². The molecule has 3 rings (SSSR count). The van der Waals surface area contributed by atoms with Crippen molar-refractivity contribution in [1.29, 1.82) is 0 Å². The van der Waals surface area contributed by atoms with Crippen LogP contribution in [0, 0.1) is 6.92 Å². The fourth-order valence-electron chi connectivity index (χ4n) is 2.49. The number of benzene rings is 1. The topological polar surface area (TPSA) is 65.8 Å². The highest BCUT2D eigenvalue weighted by Gasteiger charge is 2.63. The Bertz CT molecular complexity index is 819. The Kier molecular flexibility index (Phi) is 4.08. The average Bonchev–Trinajstić information content (AvgIpc) is 2.95. The standard InChI is InChI=1S/C17H14F3N3O2/c1-11-4-6-12(7-5-11)15(24)23-16(25,17(18,19)20)9-14(22-23)13-3-2-8-21-10-13/h2-8,10,25H,9H2,1H3/t16-/m1/s1. The molecule has 25 heavy (non-hydrogen) atoms. The Hall–Kier alpha value is -2.74. The molecule has 0 spiro atoms. The highest BCUT2D eigenvalue weighted by atomic mass is 19.4. The maximum atomic E-state index is 13.5. The zero-order valence-electron chi connectivity index (χ0n) is 13.2. The van der Waals surface area contributed by atoms with E-state index in [1.807, 2.05) is 0 Å². The molecule has 0 radical (unpaired) electrons. The third-order valence-electron chi connectivity index (χ3n) is 3.92. The molecule has 5 nitrogen and oxygen atoms in total. The largest absolute Gasteiger partial charge is 0.438 e. The van der Waals surface area contributed by atoms with Crippen LogP contribution in [0.25, 0.3) is 0 Å². The first-order chi connectivity index (χ1) is 11.7. The number of halogens is 3. The minimum absolute atomic E-state index is 0.00413. The quantitative estimate of drug-likeness (QED) is 0.907. The van der Waals surface area contributed by atoms with Crippen molar-refractivity contribution in [3.8, 4) is 0 Å². The number of rotatable bonds is 2. The number of carbonyl (C=O) groups excluding carboxylic acids is 1. The van der Waals surface area contributed by atoms with Gasteiger partial charge in [0.25, 0.3) is 11.6 Å². The molecule has 0 bridgehead atoms. The molecule has 1 aliphatic heterocycles. The van der Waals surface area contributed by atoms with Gasteiger partial charge in [0.1, 0.15) is 0 Å². The number of carbonyl (C=O) groups is 1. The normalized spacial score (nSPS) is 20.5. The van der Waals surface area contributed by atoms with Crippen molar-refractivity contribution in [2.45, 2.75) is 25.2 Å². The number of aromatic nitrogens is 1. The average molecular weight is 349 g/mol. The van der Waals surface area contributed by atoms with Gasteiger partial charge in [-0.05, 0) is 25.1 Å². The van der Waals surface area contributed by atoms with E-state index in [0.717, 1.165) is 5.56 Å². The summed E-state index contributed by atoms with van der Waals surface area (Å²) < 4.78 is 40.5. The smallest absolute Gasteiger partial charge is 0.362 e. The van der Waals surface area contributed by atoms with Crippen molar-refractivity contribution >= 4 is 11.6 Å². The van der Waals surface area contributed by atoms with Gasteiger partial charge in [-0.1, -0.05) is 23.8 Å². The Labute approximate surface area is 141 Å². The minimum atomic E-state index is -5.07. The molecule has 0 saturated heterocycles. The highest BCUT2D eigenvalue weighted by Crippen LogP contribution is 2.41. The fourth-order valence-corrected chi connectivity index (χ4v) is 2.49. The predicted molar refractivity (Wildman–Crippen MR) is 83.7 cm³/mol. The lowest BCUT2D eigenvalue weighted by molar-refractivity contribution is -0.297. The molecular formula is C17H14F3N3O2. The van der Waals surface area contributed by atoms with E-state index in [4.69, 9.17) is 0 Å². The third kappa shape index (κ3) is 3.00. The second-order valence-electron chi connectivity index (χ2n) is 5.76. The first-order valence-corrected chi connectivity index (χ1v) is 7.40. The summed E-state index contributed by atoms with van der Waals surface area (Å²) in [6.07, 6.45) is -3.14. The zero-order valence-corrected chi connectivity index (χ0v) is 13.2. The van der Waals surface area contributed by atoms with Crippen LogP contribution in [-0.4, -0.2) is 38.6 Å². The molecule has 0 fully saturated rings. The molecule has 2 aromatic rings. The van der Waals surface area contributed by atoms with Gasteiger partial charge < -0.3 is 5.11 Å². The van der Waals surface area contributed by atoms with Crippen LogP contribution in [0.15, 0.2) is 53.9 Å². The monoisotopic (exact) mass is 349 g/mol. The molecule has 0 aliphatic carbocycles. The lowest BCUT2D eigenvalue weighted by Gasteiger charge is -2.32. The Balaban J connectivity index is 2.04. The molecule has 8 heteroatoms. The van der Waals surface area contributed by atoms with Gasteiger partial charge in [0.15, 0.2) is 0 Å². The van der Waals surface area contributed by atoms with Crippen molar-refractivity contribution in [2.24, 2.45) is 5.10 Å². The van der Waals surface area contributed by atoms with Gasteiger partial charge in [-0.15, -0.1) is 0 Å². The summed E-state index contributed by atoms with van der Waals surface area (Å²) in [7, 11) is 0. The van der Waals surface area contributed by atoms with Gasteiger partial charge in [-0.25, -0.2) is 0 Å². The van der Waals surface area contributed by atoms with Crippen molar-refractivity contribution in [1.82, 2.24) is 9.99 Å². The molecule has 2 heterocycles. The van der Waals surface area contributed by atoms with Crippen LogP contribution in [0.1, 0.15) is 27.9 Å². The SMILES string of the molecule is Cc1ccc(C(=O)N2N=C(c3cccnc3)C[C@@]2(O)C(F)(F)F)cc1. The number of pyridine rings is 1. The van der Waals surface area contributed by atoms with E-state index in [1.165, 1.54) is 36.7 Å². The number of hydrazone groups is 1. The number of alkyl halides is 3. The molecule has 1 aromatic carbocycles. The second kappa shape index (κ2) is 5.96. The lowest BCUT2D eigenvalue weighted by Crippen LogP contribution is -2.56. The number of amides is 1. The molecule has 1 atom stereocenters. The van der Waals surface area contributed by atoms with E-state index in [9.17, 15) is 23.1 Å². The van der Waals surface area contributed by atoms with E-state index in [2.05, 4.69) is 10.1 Å². The molecule has 1 amide bonds. The molecule has 1 N–H and O–H groups in total. The summed E-state index contributed by atoms with van der Waals surface area (Å²) in [5.74, 6) is -1.03. The number of hydrogen-bond acceptors (Lipinski definition) is 4. The maximum absolute atomic E-state index is 13.5. The van der Waals surface area contributed by atoms with E-state index >= 15 is 0 Å². The lowest BCUT2D eigenvalue weighted by atomic mass is 10.0. The Morgan fingerprint density at radius 1 is 1.24 bits per heavy atom. The summed E-state index contributed by atoms with van der Waals surface area (Å²) in [5, 5.41) is 14.1. The van der Waals surface area contributed by atoms with Crippen LogP contribution >= 0.6 is 0 Å². The van der Waals surface area contributed by atoms with Crippen LogP contribution in [0.5, 0.6) is 0 Å². The van der Waals surface area contributed by atoms with Crippen LogP contribution in [-0.2, 0) is 0 Å². The molecule has 1 aliphatic rings. The fraction of sp³-hybridized carbons (Fsp3) is 0.235. The minimum Gasteiger partial charge on any atom is -0.362 e. The molecule has 130 valence electrons. The number of nitrogens with zero attached hydrogens (tertiary/aromatic N) is 3. The summed E-state index contributed by atoms with van der Waals surface area (Å²) in [6, 6.07) is 9.04. The Morgan fingerprint density at radius 3 is 2.48 bits per heavy atom. The first kappa shape index (κ1) is 17.1. The van der Waals surface area contributed by atoms with Gasteiger partial charge in [0, 0.05) is 23.5 Å². The highest BCUT2D eigenvalue weighted by molar-refractivity contribution is 6.05. The van der Waals surface area contributed by atoms with Gasteiger partial charge in [0.05, 0.1) is 12.1 Å². The summed E-state index contributed by atoms with van der Waals surface area (Å²) >= 11 is 0. The van der Waals surface area contributed by atoms with Gasteiger partial charge >= 0.3 is 6.18 Å². The van der Waals surface area contributed by atoms with Crippen molar-refractivity contribution in [2.75, 3.05) is 0 Å². The third-order valence-corrected chi connectivity index (χ3v) is 3.92. The van der Waals surface area contributed by atoms with E-state index < -0.39 is 24.2 Å². The van der Waals surface area contributed by atoms with E-state index in [0.29, 0.717) is 5.56 Å². The first-order valence-electron chi connectivity index (χ1n) is 7.40. The maximum Gasteiger partial charge on any atom is 0.438 e. The Morgan fingerprint density at radius 2 is 1.92 bits per heavy atom. The van der Waals surface area contributed by atoms with Crippen LogP contribution in [0.2, 0.25) is 0 Å². The summed E-state index contributed by atoms with van der Waals surface area (Å²) in [4.78, 5) is 16.4. The summed E-state index contributed by atoms with van der Waals surface area (Å²) in [6.45, 7) is 1.79. The van der Waals surface area contributed by atoms with Gasteiger partial charge in [-0.2, -0.15) is 23.3 Å². The number of aliphatic hydroxyl groups is 1. The van der Waals surface area contributed by atoms with Gasteiger partial charge in [0.2, 0.25) is 0 Å². The predicted octanol–water partition coefficient (Wildman–Crippen LogP) is 2.89. The second-order valence-corrected chi connectivity index (χ2v) is 5.76.